The van der Waals surface area contributed by atoms with Crippen molar-refractivity contribution >= 4 is 0 Å². The lowest BCUT2D eigenvalue weighted by Gasteiger charge is -2.40. The van der Waals surface area contributed by atoms with E-state index in [4.69, 9.17) is 0 Å². The molecule has 0 aromatic heterocycles. The van der Waals surface area contributed by atoms with E-state index in [-0.39, 0.29) is 0 Å². The average molecular weight is 242 g/mol. The lowest BCUT2D eigenvalue weighted by molar-refractivity contribution is -0.0242. The molecule has 0 unspecified atom stereocenters. The Balaban J connectivity index is 2.14. The summed E-state index contributed by atoms with van der Waals surface area (Å²) >= 11 is 0. The molecule has 1 rings (SSSR count). The van der Waals surface area contributed by atoms with Gasteiger partial charge in [-0.15, -0.1) is 0 Å². The molecule has 0 saturated heterocycles. The second-order valence-corrected chi connectivity index (χ2v) is 6.72. The average Bonchev–Trinajstić information content (AvgIpc) is 2.23. The van der Waals surface area contributed by atoms with E-state index >= 15 is 0 Å². The Labute approximate surface area is 107 Å². The van der Waals surface area contributed by atoms with Gasteiger partial charge in [-0.05, 0) is 64.7 Å². The van der Waals surface area contributed by atoms with Gasteiger partial charge in [0.25, 0.3) is 0 Å². The maximum atomic E-state index is 10.4. The van der Waals surface area contributed by atoms with E-state index in [0.29, 0.717) is 5.41 Å². The molecule has 102 valence electrons. The van der Waals surface area contributed by atoms with Crippen molar-refractivity contribution in [2.75, 3.05) is 33.7 Å². The van der Waals surface area contributed by atoms with Gasteiger partial charge >= 0.3 is 0 Å². The summed E-state index contributed by atoms with van der Waals surface area (Å²) in [7, 11) is 4.19. The van der Waals surface area contributed by atoms with Gasteiger partial charge in [0.15, 0.2) is 0 Å². The number of hydrogen-bond acceptors (Lipinski definition) is 3. The van der Waals surface area contributed by atoms with E-state index in [1.54, 1.807) is 0 Å². The smallest absolute Gasteiger partial charge is 0.0772 e. The molecular formula is C14H30N2O. The maximum Gasteiger partial charge on any atom is 0.0772 e. The van der Waals surface area contributed by atoms with E-state index in [0.717, 1.165) is 51.7 Å². The van der Waals surface area contributed by atoms with Crippen molar-refractivity contribution in [2.24, 2.45) is 5.41 Å². The molecule has 2 N–H and O–H groups in total. The molecule has 17 heavy (non-hydrogen) atoms. The van der Waals surface area contributed by atoms with Gasteiger partial charge in [0, 0.05) is 6.54 Å². The lowest BCUT2D eigenvalue weighted by Crippen LogP contribution is -2.45. The molecule has 1 aliphatic carbocycles. The maximum absolute atomic E-state index is 10.4. The first-order valence-electron chi connectivity index (χ1n) is 6.91. The normalized spacial score (nSPS) is 22.9. The largest absolute Gasteiger partial charge is 0.389 e. The van der Waals surface area contributed by atoms with Crippen molar-refractivity contribution in [3.8, 4) is 0 Å². The first-order chi connectivity index (χ1) is 7.83. The van der Waals surface area contributed by atoms with E-state index in [1.165, 1.54) is 0 Å². The van der Waals surface area contributed by atoms with Crippen molar-refractivity contribution in [1.29, 1.82) is 0 Å². The zero-order valence-electron chi connectivity index (χ0n) is 12.1. The summed E-state index contributed by atoms with van der Waals surface area (Å²) in [6.45, 7) is 7.48. The van der Waals surface area contributed by atoms with E-state index < -0.39 is 5.60 Å². The standard InChI is InChI=1S/C14H30N2O/c1-13(2)6-8-14(17,9-7-13)12-15-10-5-11-16(3)4/h15,17H,5-12H2,1-4H3. The molecule has 3 nitrogen and oxygen atoms in total. The monoisotopic (exact) mass is 242 g/mol. The minimum atomic E-state index is -0.451. The van der Waals surface area contributed by atoms with Crippen LogP contribution in [-0.4, -0.2) is 49.3 Å². The highest BCUT2D eigenvalue weighted by Crippen LogP contribution is 2.39. The van der Waals surface area contributed by atoms with Crippen molar-refractivity contribution in [1.82, 2.24) is 10.2 Å². The SMILES string of the molecule is CN(C)CCCNCC1(O)CCC(C)(C)CC1. The van der Waals surface area contributed by atoms with Crippen LogP contribution in [0.5, 0.6) is 0 Å². The molecule has 0 heterocycles. The van der Waals surface area contributed by atoms with Crippen LogP contribution in [0.15, 0.2) is 0 Å². The lowest BCUT2D eigenvalue weighted by atomic mass is 9.71. The van der Waals surface area contributed by atoms with Crippen LogP contribution in [0.25, 0.3) is 0 Å². The van der Waals surface area contributed by atoms with Gasteiger partial charge in [-0.25, -0.2) is 0 Å². The van der Waals surface area contributed by atoms with E-state index in [9.17, 15) is 5.11 Å². The summed E-state index contributed by atoms with van der Waals surface area (Å²) in [6.07, 6.45) is 5.32. The first kappa shape index (κ1) is 14.9. The van der Waals surface area contributed by atoms with Crippen molar-refractivity contribution in [3.05, 3.63) is 0 Å². The second kappa shape index (κ2) is 6.17. The van der Waals surface area contributed by atoms with Crippen LogP contribution in [0.1, 0.15) is 46.0 Å². The fourth-order valence-corrected chi connectivity index (χ4v) is 2.41. The molecule has 0 atom stereocenters. The number of rotatable bonds is 6. The molecule has 0 aliphatic heterocycles. The Hall–Kier alpha value is -0.120. The highest BCUT2D eigenvalue weighted by atomic mass is 16.3. The molecule has 1 saturated carbocycles. The van der Waals surface area contributed by atoms with Gasteiger partial charge in [0.2, 0.25) is 0 Å². The Kier molecular flexibility index (Phi) is 5.42. The van der Waals surface area contributed by atoms with Crippen LogP contribution < -0.4 is 5.32 Å². The zero-order valence-corrected chi connectivity index (χ0v) is 12.1. The quantitative estimate of drug-likeness (QED) is 0.698. The van der Waals surface area contributed by atoms with Crippen LogP contribution in [-0.2, 0) is 0 Å². The summed E-state index contributed by atoms with van der Waals surface area (Å²) in [5, 5.41) is 13.8. The molecule has 0 amide bonds. The summed E-state index contributed by atoms with van der Waals surface area (Å²) in [6, 6.07) is 0. The fourth-order valence-electron chi connectivity index (χ4n) is 2.41. The molecule has 0 radical (unpaired) electrons. The van der Waals surface area contributed by atoms with Crippen LogP contribution in [0, 0.1) is 5.41 Å². The van der Waals surface area contributed by atoms with Gasteiger partial charge in [-0.1, -0.05) is 13.8 Å². The fraction of sp³-hybridized carbons (Fsp3) is 1.00. The number of nitrogens with one attached hydrogen (secondary N) is 1. The molecule has 3 heteroatoms. The number of aliphatic hydroxyl groups is 1. The van der Waals surface area contributed by atoms with Gasteiger partial charge in [-0.2, -0.15) is 0 Å². The highest BCUT2D eigenvalue weighted by molar-refractivity contribution is 4.90. The Morgan fingerprint density at radius 2 is 1.71 bits per heavy atom. The minimum Gasteiger partial charge on any atom is -0.389 e. The summed E-state index contributed by atoms with van der Waals surface area (Å²) < 4.78 is 0. The molecule has 0 aromatic carbocycles. The van der Waals surface area contributed by atoms with E-state index in [2.05, 4.69) is 38.2 Å². The van der Waals surface area contributed by atoms with Crippen LogP contribution in [0.2, 0.25) is 0 Å². The van der Waals surface area contributed by atoms with Crippen LogP contribution in [0.4, 0.5) is 0 Å². The molecule has 0 bridgehead atoms. The van der Waals surface area contributed by atoms with Crippen molar-refractivity contribution in [3.63, 3.8) is 0 Å². The van der Waals surface area contributed by atoms with Gasteiger partial charge in [-0.3, -0.25) is 0 Å². The molecule has 0 aromatic rings. The minimum absolute atomic E-state index is 0.428. The molecule has 1 fully saturated rings. The van der Waals surface area contributed by atoms with Crippen molar-refractivity contribution in [2.45, 2.75) is 51.6 Å². The predicted molar refractivity (Wildman–Crippen MR) is 73.2 cm³/mol. The Morgan fingerprint density at radius 1 is 1.12 bits per heavy atom. The molecule has 1 aliphatic rings. The number of nitrogens with zero attached hydrogens (tertiary/aromatic N) is 1. The third kappa shape index (κ3) is 5.84. The zero-order chi connectivity index (χ0) is 12.9. The first-order valence-corrected chi connectivity index (χ1v) is 6.91. The number of hydrogen-bond donors (Lipinski definition) is 2. The van der Waals surface area contributed by atoms with Gasteiger partial charge < -0.3 is 15.3 Å². The molecular weight excluding hydrogens is 212 g/mol. The third-order valence-electron chi connectivity index (χ3n) is 3.95. The Bertz CT molecular complexity index is 216. The predicted octanol–water partition coefficient (Wildman–Crippen LogP) is 1.86. The van der Waals surface area contributed by atoms with Crippen LogP contribution >= 0.6 is 0 Å². The van der Waals surface area contributed by atoms with Gasteiger partial charge in [0.05, 0.1) is 5.60 Å². The highest BCUT2D eigenvalue weighted by Gasteiger charge is 2.36. The summed E-state index contributed by atoms with van der Waals surface area (Å²) in [4.78, 5) is 2.19. The second-order valence-electron chi connectivity index (χ2n) is 6.72. The van der Waals surface area contributed by atoms with Crippen LogP contribution in [0.3, 0.4) is 0 Å². The summed E-state index contributed by atoms with van der Waals surface area (Å²) in [5.74, 6) is 0. The van der Waals surface area contributed by atoms with E-state index in [1.807, 2.05) is 0 Å². The molecule has 0 spiro atoms. The van der Waals surface area contributed by atoms with Crippen molar-refractivity contribution < 1.29 is 5.11 Å². The Morgan fingerprint density at radius 3 is 2.24 bits per heavy atom. The third-order valence-corrected chi connectivity index (χ3v) is 3.95. The van der Waals surface area contributed by atoms with Gasteiger partial charge in [0.1, 0.15) is 0 Å². The topological polar surface area (TPSA) is 35.5 Å². The summed E-state index contributed by atoms with van der Waals surface area (Å²) in [5.41, 5.74) is -0.0230.